The first-order valence-corrected chi connectivity index (χ1v) is 6.53. The summed E-state index contributed by atoms with van der Waals surface area (Å²) in [4.78, 5) is 11.1. The summed E-state index contributed by atoms with van der Waals surface area (Å²) < 4.78 is 0. The molecule has 1 atom stereocenters. The van der Waals surface area contributed by atoms with E-state index in [1.165, 1.54) is 0 Å². The average molecular weight is 270 g/mol. The minimum atomic E-state index is -0.815. The number of benzene rings is 2. The Bertz CT molecular complexity index is 642. The van der Waals surface area contributed by atoms with Crippen molar-refractivity contribution in [2.45, 2.75) is 26.7 Å². The molecular weight excluding hydrogens is 252 g/mol. The highest BCUT2D eigenvalue weighted by Gasteiger charge is 2.17. The number of hydrogen-bond acceptors (Lipinski definition) is 2. The molecule has 2 N–H and O–H groups in total. The van der Waals surface area contributed by atoms with Crippen LogP contribution in [-0.2, 0) is 4.79 Å². The van der Waals surface area contributed by atoms with Crippen LogP contribution in [0, 0.1) is 13.8 Å². The lowest BCUT2D eigenvalue weighted by Crippen LogP contribution is -2.09. The molecular formula is C17H18O3. The topological polar surface area (TPSA) is 57.5 Å². The minimum absolute atomic E-state index is 0.235. The van der Waals surface area contributed by atoms with Crippen molar-refractivity contribution in [2.75, 3.05) is 0 Å². The number of phenols is 1. The van der Waals surface area contributed by atoms with Crippen LogP contribution in [0.2, 0.25) is 0 Å². The monoisotopic (exact) mass is 270 g/mol. The first-order valence-electron chi connectivity index (χ1n) is 6.53. The standard InChI is InChI=1S/C17H18O3/c1-10-9-16(13-4-6-14(18)7-5-13)11(2)8-15(10)12(3)17(19)20/h4-9,12,18H,1-3H3,(H,19,20). The zero-order valence-electron chi connectivity index (χ0n) is 11.8. The Balaban J connectivity index is 2.50. The molecule has 0 aromatic heterocycles. The van der Waals surface area contributed by atoms with E-state index in [9.17, 15) is 9.90 Å². The molecule has 1 unspecified atom stereocenters. The number of aryl methyl sites for hydroxylation is 2. The maximum Gasteiger partial charge on any atom is 0.310 e. The van der Waals surface area contributed by atoms with Crippen molar-refractivity contribution in [1.82, 2.24) is 0 Å². The fourth-order valence-electron chi connectivity index (χ4n) is 2.39. The van der Waals surface area contributed by atoms with E-state index in [2.05, 4.69) is 0 Å². The summed E-state index contributed by atoms with van der Waals surface area (Å²) in [5.74, 6) is -1.09. The summed E-state index contributed by atoms with van der Waals surface area (Å²) in [5, 5.41) is 18.5. The van der Waals surface area contributed by atoms with Gasteiger partial charge in [0.15, 0.2) is 0 Å². The number of aliphatic carboxylic acids is 1. The van der Waals surface area contributed by atoms with Gasteiger partial charge in [0.2, 0.25) is 0 Å². The molecule has 0 bridgehead atoms. The third-order valence-corrected chi connectivity index (χ3v) is 3.63. The molecule has 3 heteroatoms. The Kier molecular flexibility index (Phi) is 3.79. The second-order valence-corrected chi connectivity index (χ2v) is 5.13. The van der Waals surface area contributed by atoms with E-state index >= 15 is 0 Å². The van der Waals surface area contributed by atoms with Crippen molar-refractivity contribution < 1.29 is 15.0 Å². The molecule has 2 aromatic rings. The first-order chi connectivity index (χ1) is 9.40. The van der Waals surface area contributed by atoms with Gasteiger partial charge < -0.3 is 10.2 Å². The lowest BCUT2D eigenvalue weighted by Gasteiger charge is -2.15. The van der Waals surface area contributed by atoms with Gasteiger partial charge >= 0.3 is 5.97 Å². The van der Waals surface area contributed by atoms with Crippen LogP contribution in [0.4, 0.5) is 0 Å². The molecule has 3 nitrogen and oxygen atoms in total. The van der Waals surface area contributed by atoms with E-state index < -0.39 is 11.9 Å². The molecule has 0 spiro atoms. The van der Waals surface area contributed by atoms with Crippen LogP contribution in [0.1, 0.15) is 29.5 Å². The third-order valence-electron chi connectivity index (χ3n) is 3.63. The molecule has 0 heterocycles. The molecule has 0 saturated carbocycles. The summed E-state index contributed by atoms with van der Waals surface area (Å²) in [5.41, 5.74) is 4.91. The smallest absolute Gasteiger partial charge is 0.310 e. The van der Waals surface area contributed by atoms with E-state index in [1.54, 1.807) is 19.1 Å². The van der Waals surface area contributed by atoms with Crippen LogP contribution >= 0.6 is 0 Å². The zero-order chi connectivity index (χ0) is 14.9. The molecule has 0 aliphatic carbocycles. The fourth-order valence-corrected chi connectivity index (χ4v) is 2.39. The van der Waals surface area contributed by atoms with Gasteiger partial charge in [-0.3, -0.25) is 4.79 Å². The lowest BCUT2D eigenvalue weighted by molar-refractivity contribution is -0.138. The Morgan fingerprint density at radius 2 is 1.65 bits per heavy atom. The summed E-state index contributed by atoms with van der Waals surface area (Å²) in [6, 6.07) is 11.0. The number of hydrogen-bond donors (Lipinski definition) is 2. The second kappa shape index (κ2) is 5.37. The van der Waals surface area contributed by atoms with Crippen LogP contribution in [0.15, 0.2) is 36.4 Å². The van der Waals surface area contributed by atoms with Crippen molar-refractivity contribution in [2.24, 2.45) is 0 Å². The quantitative estimate of drug-likeness (QED) is 0.890. The number of carbonyl (C=O) groups is 1. The van der Waals surface area contributed by atoms with Crippen molar-refractivity contribution in [3.63, 3.8) is 0 Å². The fraction of sp³-hybridized carbons (Fsp3) is 0.235. The maximum absolute atomic E-state index is 11.1. The van der Waals surface area contributed by atoms with E-state index in [-0.39, 0.29) is 5.75 Å². The van der Waals surface area contributed by atoms with Gasteiger partial charge in [-0.25, -0.2) is 0 Å². The van der Waals surface area contributed by atoms with Crippen molar-refractivity contribution in [3.8, 4) is 16.9 Å². The Morgan fingerprint density at radius 3 is 2.20 bits per heavy atom. The maximum atomic E-state index is 11.1. The van der Waals surface area contributed by atoms with Gasteiger partial charge in [0.25, 0.3) is 0 Å². The van der Waals surface area contributed by atoms with Gasteiger partial charge in [0.05, 0.1) is 5.92 Å². The number of carboxylic acid groups (broad SMARTS) is 1. The van der Waals surface area contributed by atoms with Crippen LogP contribution in [0.3, 0.4) is 0 Å². The van der Waals surface area contributed by atoms with E-state index in [0.717, 1.165) is 27.8 Å². The molecule has 0 amide bonds. The second-order valence-electron chi connectivity index (χ2n) is 5.13. The summed E-state index contributed by atoms with van der Waals surface area (Å²) in [6.07, 6.45) is 0. The van der Waals surface area contributed by atoms with Gasteiger partial charge in [-0.2, -0.15) is 0 Å². The van der Waals surface area contributed by atoms with E-state index in [1.807, 2.05) is 38.1 Å². The van der Waals surface area contributed by atoms with Gasteiger partial charge in [-0.15, -0.1) is 0 Å². The predicted molar refractivity (Wildman–Crippen MR) is 79.1 cm³/mol. The minimum Gasteiger partial charge on any atom is -0.508 e. The van der Waals surface area contributed by atoms with Gasteiger partial charge in [-0.05, 0) is 60.7 Å². The van der Waals surface area contributed by atoms with Crippen LogP contribution < -0.4 is 0 Å². The lowest BCUT2D eigenvalue weighted by atomic mass is 9.90. The zero-order valence-corrected chi connectivity index (χ0v) is 11.8. The molecule has 0 aliphatic rings. The van der Waals surface area contributed by atoms with E-state index in [4.69, 9.17) is 5.11 Å². The molecule has 2 aromatic carbocycles. The largest absolute Gasteiger partial charge is 0.508 e. The molecule has 0 fully saturated rings. The Morgan fingerprint density at radius 1 is 1.05 bits per heavy atom. The number of carboxylic acids is 1. The molecule has 0 saturated heterocycles. The average Bonchev–Trinajstić information content (AvgIpc) is 2.41. The molecule has 0 aliphatic heterocycles. The highest BCUT2D eigenvalue weighted by Crippen LogP contribution is 2.30. The van der Waals surface area contributed by atoms with Crippen molar-refractivity contribution >= 4 is 5.97 Å². The van der Waals surface area contributed by atoms with Crippen LogP contribution in [0.5, 0.6) is 5.75 Å². The number of aromatic hydroxyl groups is 1. The third kappa shape index (κ3) is 2.67. The van der Waals surface area contributed by atoms with E-state index in [0.29, 0.717) is 0 Å². The highest BCUT2D eigenvalue weighted by atomic mass is 16.4. The Hall–Kier alpha value is -2.29. The van der Waals surface area contributed by atoms with Crippen LogP contribution in [0.25, 0.3) is 11.1 Å². The van der Waals surface area contributed by atoms with Crippen molar-refractivity contribution in [1.29, 1.82) is 0 Å². The van der Waals surface area contributed by atoms with Crippen LogP contribution in [-0.4, -0.2) is 16.2 Å². The SMILES string of the molecule is Cc1cc(C(C)C(=O)O)c(C)cc1-c1ccc(O)cc1. The first kappa shape index (κ1) is 14.1. The van der Waals surface area contributed by atoms with Gasteiger partial charge in [0, 0.05) is 0 Å². The Labute approximate surface area is 118 Å². The van der Waals surface area contributed by atoms with Crippen molar-refractivity contribution in [3.05, 3.63) is 53.1 Å². The molecule has 20 heavy (non-hydrogen) atoms. The summed E-state index contributed by atoms with van der Waals surface area (Å²) in [7, 11) is 0. The number of phenolic OH excluding ortho intramolecular Hbond substituents is 1. The summed E-state index contributed by atoms with van der Waals surface area (Å²) >= 11 is 0. The molecule has 104 valence electrons. The number of rotatable bonds is 3. The summed E-state index contributed by atoms with van der Waals surface area (Å²) in [6.45, 7) is 5.60. The molecule has 2 rings (SSSR count). The molecule has 0 radical (unpaired) electrons. The predicted octanol–water partition coefficient (Wildman–Crippen LogP) is 3.86. The normalized spacial score (nSPS) is 12.2. The van der Waals surface area contributed by atoms with Gasteiger partial charge in [-0.1, -0.05) is 24.3 Å². The van der Waals surface area contributed by atoms with Gasteiger partial charge in [0.1, 0.15) is 5.75 Å². The highest BCUT2D eigenvalue weighted by molar-refractivity contribution is 5.78.